The van der Waals surface area contributed by atoms with E-state index in [1.54, 1.807) is 25.5 Å². The van der Waals surface area contributed by atoms with Crippen LogP contribution >= 0.6 is 11.3 Å². The Morgan fingerprint density at radius 3 is 2.51 bits per heavy atom. The first-order chi connectivity index (χ1) is 20.0. The highest BCUT2D eigenvalue weighted by Crippen LogP contribution is 2.37. The minimum atomic E-state index is -0.702. The summed E-state index contributed by atoms with van der Waals surface area (Å²) in [6.07, 6.45) is 1.89. The van der Waals surface area contributed by atoms with Gasteiger partial charge in [-0.3, -0.25) is 9.36 Å². The van der Waals surface area contributed by atoms with Gasteiger partial charge in [0.2, 0.25) is 0 Å². The molecule has 8 nitrogen and oxygen atoms in total. The molecular formula is C32H31N3O5S. The Bertz CT molecular complexity index is 1830. The Morgan fingerprint density at radius 2 is 1.80 bits per heavy atom. The van der Waals surface area contributed by atoms with Crippen molar-refractivity contribution in [3.63, 3.8) is 0 Å². The number of thiazole rings is 1. The van der Waals surface area contributed by atoms with Gasteiger partial charge in [-0.2, -0.15) is 0 Å². The second-order valence-corrected chi connectivity index (χ2v) is 10.9. The predicted molar refractivity (Wildman–Crippen MR) is 160 cm³/mol. The highest BCUT2D eigenvalue weighted by atomic mass is 32.1. The summed E-state index contributed by atoms with van der Waals surface area (Å²) in [6, 6.07) is 19.1. The normalized spacial score (nSPS) is 17.4. The summed E-state index contributed by atoms with van der Waals surface area (Å²) in [5.74, 6) is 0.238. The standard InChI is InChI=1S/C32H31N3O5S/c1-4-40-31(37)28-20(2)33-32-35(29(28)25-13-14-26(38-3)24-8-6-5-7-23(24)25)30(36)27(41-32)19-21-9-11-22(12-10-21)34-15-17-39-18-16-34/h5-14,19,29H,4,15-18H2,1-3H3. The Morgan fingerprint density at radius 1 is 1.07 bits per heavy atom. The molecule has 1 fully saturated rings. The second-order valence-electron chi connectivity index (χ2n) is 9.90. The highest BCUT2D eigenvalue weighted by Gasteiger charge is 2.34. The van der Waals surface area contributed by atoms with E-state index in [1.807, 2.05) is 54.6 Å². The quantitative estimate of drug-likeness (QED) is 0.329. The van der Waals surface area contributed by atoms with E-state index in [-0.39, 0.29) is 12.2 Å². The maximum absolute atomic E-state index is 14.1. The molecule has 3 heterocycles. The fourth-order valence-electron chi connectivity index (χ4n) is 5.55. The van der Waals surface area contributed by atoms with Crippen LogP contribution in [0.5, 0.6) is 5.75 Å². The van der Waals surface area contributed by atoms with Crippen LogP contribution in [0.15, 0.2) is 81.7 Å². The van der Waals surface area contributed by atoms with Crippen molar-refractivity contribution >= 4 is 39.8 Å². The number of morpholine rings is 1. The van der Waals surface area contributed by atoms with Crippen LogP contribution in [-0.4, -0.2) is 50.6 Å². The lowest BCUT2D eigenvalue weighted by Gasteiger charge is -2.28. The van der Waals surface area contributed by atoms with E-state index >= 15 is 0 Å². The Labute approximate surface area is 241 Å². The van der Waals surface area contributed by atoms with Crippen LogP contribution in [0.4, 0.5) is 5.69 Å². The zero-order chi connectivity index (χ0) is 28.5. The molecular weight excluding hydrogens is 538 g/mol. The monoisotopic (exact) mass is 569 g/mol. The molecule has 41 heavy (non-hydrogen) atoms. The predicted octanol–water partition coefficient (Wildman–Crippen LogP) is 3.80. The van der Waals surface area contributed by atoms with Crippen molar-refractivity contribution < 1.29 is 19.0 Å². The number of benzene rings is 3. The molecule has 6 rings (SSSR count). The molecule has 0 radical (unpaired) electrons. The van der Waals surface area contributed by atoms with Gasteiger partial charge in [0.1, 0.15) is 5.75 Å². The van der Waals surface area contributed by atoms with E-state index in [2.05, 4.69) is 17.0 Å². The summed E-state index contributed by atoms with van der Waals surface area (Å²) in [7, 11) is 1.63. The molecule has 3 aromatic carbocycles. The number of carbonyl (C=O) groups is 1. The van der Waals surface area contributed by atoms with Crippen LogP contribution in [0.25, 0.3) is 16.8 Å². The summed E-state index contributed by atoms with van der Waals surface area (Å²) in [5, 5.41) is 1.79. The minimum absolute atomic E-state index is 0.204. The van der Waals surface area contributed by atoms with Crippen molar-refractivity contribution in [2.75, 3.05) is 44.9 Å². The summed E-state index contributed by atoms with van der Waals surface area (Å²) in [4.78, 5) is 35.0. The van der Waals surface area contributed by atoms with Crippen molar-refractivity contribution in [3.05, 3.63) is 103 Å². The maximum atomic E-state index is 14.1. The van der Waals surface area contributed by atoms with Gasteiger partial charge in [-0.1, -0.05) is 53.8 Å². The number of hydrogen-bond acceptors (Lipinski definition) is 8. The van der Waals surface area contributed by atoms with Crippen LogP contribution in [0.2, 0.25) is 0 Å². The van der Waals surface area contributed by atoms with E-state index in [0.29, 0.717) is 20.6 Å². The molecule has 2 aliphatic rings. The van der Waals surface area contributed by atoms with Crippen LogP contribution in [0.3, 0.4) is 0 Å². The fourth-order valence-corrected chi connectivity index (χ4v) is 6.60. The van der Waals surface area contributed by atoms with E-state index in [4.69, 9.17) is 19.2 Å². The van der Waals surface area contributed by atoms with Crippen LogP contribution < -0.4 is 24.5 Å². The molecule has 0 bridgehead atoms. The maximum Gasteiger partial charge on any atom is 0.338 e. The van der Waals surface area contributed by atoms with Crippen molar-refractivity contribution in [3.8, 4) is 5.75 Å². The van der Waals surface area contributed by atoms with Crippen molar-refractivity contribution in [2.24, 2.45) is 4.99 Å². The first-order valence-corrected chi connectivity index (χ1v) is 14.5. The summed E-state index contributed by atoms with van der Waals surface area (Å²) < 4.78 is 18.7. The molecule has 0 spiro atoms. The van der Waals surface area contributed by atoms with Crippen LogP contribution in [-0.2, 0) is 14.3 Å². The average molecular weight is 570 g/mol. The first-order valence-electron chi connectivity index (χ1n) is 13.7. The third kappa shape index (κ3) is 4.96. The van der Waals surface area contributed by atoms with Gasteiger partial charge in [0, 0.05) is 24.2 Å². The number of aromatic nitrogens is 1. The van der Waals surface area contributed by atoms with Crippen molar-refractivity contribution in [1.29, 1.82) is 0 Å². The summed E-state index contributed by atoms with van der Waals surface area (Å²) >= 11 is 1.32. The van der Waals surface area contributed by atoms with E-state index in [9.17, 15) is 9.59 Å². The molecule has 2 aliphatic heterocycles. The fraction of sp³-hybridized carbons (Fsp3) is 0.281. The van der Waals surface area contributed by atoms with Gasteiger partial charge in [-0.05, 0) is 54.6 Å². The highest BCUT2D eigenvalue weighted by molar-refractivity contribution is 7.07. The van der Waals surface area contributed by atoms with Gasteiger partial charge >= 0.3 is 5.97 Å². The third-order valence-corrected chi connectivity index (χ3v) is 8.50. The van der Waals surface area contributed by atoms with Gasteiger partial charge in [-0.25, -0.2) is 9.79 Å². The number of anilines is 1. The molecule has 0 aliphatic carbocycles. The number of esters is 1. The van der Waals surface area contributed by atoms with Gasteiger partial charge in [-0.15, -0.1) is 0 Å². The molecule has 1 atom stereocenters. The second kappa shape index (κ2) is 11.3. The topological polar surface area (TPSA) is 82.4 Å². The minimum Gasteiger partial charge on any atom is -0.496 e. The van der Waals surface area contributed by atoms with E-state index < -0.39 is 12.0 Å². The molecule has 0 saturated carbocycles. The zero-order valence-corrected chi connectivity index (χ0v) is 24.1. The number of methoxy groups -OCH3 is 1. The summed E-state index contributed by atoms with van der Waals surface area (Å²) in [5.41, 5.74) is 3.55. The SMILES string of the molecule is CCOC(=O)C1=C(C)N=c2sc(=Cc3ccc(N4CCOCC4)cc3)c(=O)n2C1c1ccc(OC)c2ccccc12. The number of rotatable bonds is 6. The van der Waals surface area contributed by atoms with Crippen molar-refractivity contribution in [2.45, 2.75) is 19.9 Å². The molecule has 4 aromatic rings. The summed E-state index contributed by atoms with van der Waals surface area (Å²) in [6.45, 7) is 6.95. The molecule has 1 aromatic heterocycles. The average Bonchev–Trinajstić information content (AvgIpc) is 3.30. The number of ether oxygens (including phenoxy) is 3. The number of carbonyl (C=O) groups excluding carboxylic acids is 1. The molecule has 0 N–H and O–H groups in total. The zero-order valence-electron chi connectivity index (χ0n) is 23.3. The first kappa shape index (κ1) is 27.0. The third-order valence-electron chi connectivity index (χ3n) is 7.52. The smallest absolute Gasteiger partial charge is 0.338 e. The van der Waals surface area contributed by atoms with Gasteiger partial charge in [0.25, 0.3) is 5.56 Å². The lowest BCUT2D eigenvalue weighted by molar-refractivity contribution is -0.139. The van der Waals surface area contributed by atoms with Gasteiger partial charge in [0.05, 0.1) is 48.8 Å². The van der Waals surface area contributed by atoms with E-state index in [1.165, 1.54) is 11.3 Å². The Hall–Kier alpha value is -4.21. The molecule has 1 unspecified atom stereocenters. The lowest BCUT2D eigenvalue weighted by Crippen LogP contribution is -2.40. The molecule has 0 amide bonds. The Balaban J connectivity index is 1.50. The largest absolute Gasteiger partial charge is 0.496 e. The van der Waals surface area contributed by atoms with E-state index in [0.717, 1.165) is 59.6 Å². The number of allylic oxidation sites excluding steroid dienone is 1. The lowest BCUT2D eigenvalue weighted by atomic mass is 9.91. The van der Waals surface area contributed by atoms with Gasteiger partial charge < -0.3 is 19.1 Å². The van der Waals surface area contributed by atoms with Crippen LogP contribution in [0.1, 0.15) is 31.0 Å². The number of hydrogen-bond donors (Lipinski definition) is 0. The molecule has 210 valence electrons. The number of fused-ring (bicyclic) bond motifs is 2. The molecule has 1 saturated heterocycles. The van der Waals surface area contributed by atoms with Gasteiger partial charge in [0.15, 0.2) is 4.80 Å². The molecule has 9 heteroatoms. The number of nitrogens with zero attached hydrogens (tertiary/aromatic N) is 3. The van der Waals surface area contributed by atoms with Crippen molar-refractivity contribution in [1.82, 2.24) is 4.57 Å². The van der Waals surface area contributed by atoms with Crippen LogP contribution in [0, 0.1) is 0 Å². The Kier molecular flexibility index (Phi) is 7.47.